The number of amides is 2. The van der Waals surface area contributed by atoms with Crippen molar-refractivity contribution in [3.63, 3.8) is 0 Å². The molecule has 2 aromatic rings. The molecule has 2 amide bonds. The van der Waals surface area contributed by atoms with Crippen LogP contribution in [-0.4, -0.2) is 59.2 Å². The average molecular weight is 347 g/mol. The van der Waals surface area contributed by atoms with Crippen molar-refractivity contribution in [2.75, 3.05) is 37.9 Å². The molecule has 1 aromatic carbocycles. The molecule has 0 aliphatic carbocycles. The Morgan fingerprint density at radius 2 is 1.96 bits per heavy atom. The van der Waals surface area contributed by atoms with Gasteiger partial charge >= 0.3 is 6.03 Å². The first-order valence-corrected chi connectivity index (χ1v) is 8.12. The van der Waals surface area contributed by atoms with E-state index in [1.165, 1.54) is 0 Å². The quantitative estimate of drug-likeness (QED) is 0.678. The maximum absolute atomic E-state index is 12.0. The fourth-order valence-electron chi connectivity index (χ4n) is 2.20. The Balaban J connectivity index is 1.80. The summed E-state index contributed by atoms with van der Waals surface area (Å²) in [6.07, 6.45) is 2.80. The zero-order valence-electron chi connectivity index (χ0n) is 14.8. The summed E-state index contributed by atoms with van der Waals surface area (Å²) in [6.45, 7) is 3.47. The number of rotatable bonds is 8. The molecule has 0 radical (unpaired) electrons. The van der Waals surface area contributed by atoms with E-state index in [1.54, 1.807) is 41.3 Å². The molecule has 8 nitrogen and oxygen atoms in total. The van der Waals surface area contributed by atoms with Crippen LogP contribution in [0.5, 0.6) is 5.75 Å². The standard InChI is InChI=1S/C17H25N5O3/c1-4-22-10-14(9-18-22)20-17(24)19-13-5-7-16(8-6-13)25-12-15(23)11-21(2)3/h5-10,15,23H,4,11-12H2,1-3H3,(H2,19,20,24). The van der Waals surface area contributed by atoms with Crippen molar-refractivity contribution < 1.29 is 14.6 Å². The minimum Gasteiger partial charge on any atom is -0.491 e. The van der Waals surface area contributed by atoms with Gasteiger partial charge in [0.15, 0.2) is 0 Å². The number of ether oxygens (including phenoxy) is 1. The second kappa shape index (κ2) is 9.05. The number of hydrogen-bond donors (Lipinski definition) is 3. The summed E-state index contributed by atoms with van der Waals surface area (Å²) >= 11 is 0. The minimum absolute atomic E-state index is 0.215. The van der Waals surface area contributed by atoms with Gasteiger partial charge in [0.25, 0.3) is 0 Å². The number of aliphatic hydroxyl groups is 1. The van der Waals surface area contributed by atoms with Crippen LogP contribution in [0.4, 0.5) is 16.2 Å². The van der Waals surface area contributed by atoms with Crippen LogP contribution in [0.3, 0.4) is 0 Å². The number of benzene rings is 1. The van der Waals surface area contributed by atoms with Crippen LogP contribution in [-0.2, 0) is 6.54 Å². The van der Waals surface area contributed by atoms with E-state index in [2.05, 4.69) is 15.7 Å². The van der Waals surface area contributed by atoms with Crippen LogP contribution in [0.25, 0.3) is 0 Å². The van der Waals surface area contributed by atoms with E-state index in [9.17, 15) is 9.90 Å². The van der Waals surface area contributed by atoms with Gasteiger partial charge < -0.3 is 25.4 Å². The summed E-state index contributed by atoms with van der Waals surface area (Å²) in [6, 6.07) is 6.62. The molecule has 1 atom stereocenters. The van der Waals surface area contributed by atoms with Crippen LogP contribution in [0.15, 0.2) is 36.7 Å². The Labute approximate surface area is 147 Å². The average Bonchev–Trinajstić information content (AvgIpc) is 3.01. The van der Waals surface area contributed by atoms with Gasteiger partial charge in [-0.15, -0.1) is 0 Å². The van der Waals surface area contributed by atoms with Gasteiger partial charge in [0.2, 0.25) is 0 Å². The van der Waals surface area contributed by atoms with Gasteiger partial charge in [0.05, 0.1) is 11.9 Å². The number of likely N-dealkylation sites (N-methyl/N-ethyl adjacent to an activating group) is 1. The molecule has 2 rings (SSSR count). The van der Waals surface area contributed by atoms with E-state index < -0.39 is 6.10 Å². The SMILES string of the molecule is CCn1cc(NC(=O)Nc2ccc(OCC(O)CN(C)C)cc2)cn1. The Bertz CT molecular complexity index is 669. The Hall–Kier alpha value is -2.58. The van der Waals surface area contributed by atoms with E-state index in [0.29, 0.717) is 23.7 Å². The molecule has 0 fully saturated rings. The first kappa shape index (κ1) is 18.8. The largest absolute Gasteiger partial charge is 0.491 e. The molecule has 8 heteroatoms. The number of aryl methyl sites for hydroxylation is 1. The van der Waals surface area contributed by atoms with E-state index >= 15 is 0 Å². The Morgan fingerprint density at radius 1 is 1.28 bits per heavy atom. The summed E-state index contributed by atoms with van der Waals surface area (Å²) in [4.78, 5) is 13.8. The minimum atomic E-state index is -0.553. The maximum atomic E-state index is 12.0. The van der Waals surface area contributed by atoms with Gasteiger partial charge in [-0.2, -0.15) is 5.10 Å². The summed E-state index contributed by atoms with van der Waals surface area (Å²) < 4.78 is 7.25. The van der Waals surface area contributed by atoms with Crippen LogP contribution >= 0.6 is 0 Å². The molecule has 0 saturated carbocycles. The van der Waals surface area contributed by atoms with Crippen molar-refractivity contribution in [3.05, 3.63) is 36.7 Å². The van der Waals surface area contributed by atoms with Gasteiger partial charge in [-0.3, -0.25) is 4.68 Å². The molecule has 1 unspecified atom stereocenters. The lowest BCUT2D eigenvalue weighted by atomic mass is 10.3. The number of urea groups is 1. The number of hydrogen-bond acceptors (Lipinski definition) is 5. The first-order chi connectivity index (χ1) is 12.0. The molecular weight excluding hydrogens is 322 g/mol. The van der Waals surface area contributed by atoms with Crippen molar-refractivity contribution in [2.24, 2.45) is 0 Å². The predicted octanol–water partition coefficient (Wildman–Crippen LogP) is 1.85. The van der Waals surface area contributed by atoms with E-state index in [-0.39, 0.29) is 12.6 Å². The third-order valence-electron chi connectivity index (χ3n) is 3.35. The predicted molar refractivity (Wildman–Crippen MR) is 97.0 cm³/mol. The van der Waals surface area contributed by atoms with Crippen LogP contribution in [0.2, 0.25) is 0 Å². The molecule has 3 N–H and O–H groups in total. The van der Waals surface area contributed by atoms with Gasteiger partial charge in [-0.05, 0) is 45.3 Å². The lowest BCUT2D eigenvalue weighted by molar-refractivity contribution is 0.0831. The molecule has 1 aromatic heterocycles. The van der Waals surface area contributed by atoms with Crippen LogP contribution in [0.1, 0.15) is 6.92 Å². The normalized spacial score (nSPS) is 12.0. The zero-order valence-corrected chi connectivity index (χ0v) is 14.8. The molecule has 0 saturated heterocycles. The van der Waals surface area contributed by atoms with Gasteiger partial charge in [0.1, 0.15) is 18.5 Å². The second-order valence-electron chi connectivity index (χ2n) is 5.92. The fraction of sp³-hybridized carbons (Fsp3) is 0.412. The number of anilines is 2. The first-order valence-electron chi connectivity index (χ1n) is 8.12. The lowest BCUT2D eigenvalue weighted by Crippen LogP contribution is -2.30. The number of aromatic nitrogens is 2. The molecule has 0 aliphatic heterocycles. The van der Waals surface area contributed by atoms with E-state index in [1.807, 2.05) is 25.9 Å². The topological polar surface area (TPSA) is 91.7 Å². The van der Waals surface area contributed by atoms with Gasteiger partial charge in [-0.1, -0.05) is 0 Å². The zero-order chi connectivity index (χ0) is 18.2. The van der Waals surface area contributed by atoms with Crippen LogP contribution < -0.4 is 15.4 Å². The van der Waals surface area contributed by atoms with Crippen molar-refractivity contribution in [1.82, 2.24) is 14.7 Å². The van der Waals surface area contributed by atoms with E-state index in [0.717, 1.165) is 6.54 Å². The lowest BCUT2D eigenvalue weighted by Gasteiger charge is -2.16. The number of nitrogens with zero attached hydrogens (tertiary/aromatic N) is 3. The highest BCUT2D eigenvalue weighted by Crippen LogP contribution is 2.16. The van der Waals surface area contributed by atoms with Crippen molar-refractivity contribution in [1.29, 1.82) is 0 Å². The highest BCUT2D eigenvalue weighted by Gasteiger charge is 2.07. The summed E-state index contributed by atoms with van der Waals surface area (Å²) in [5.41, 5.74) is 1.27. The fourth-order valence-corrected chi connectivity index (χ4v) is 2.20. The number of carbonyl (C=O) groups is 1. The molecule has 1 heterocycles. The summed E-state index contributed by atoms with van der Waals surface area (Å²) in [5, 5.41) is 19.3. The summed E-state index contributed by atoms with van der Waals surface area (Å²) in [7, 11) is 3.78. The van der Waals surface area contributed by atoms with Gasteiger partial charge in [0, 0.05) is 25.0 Å². The number of aliphatic hydroxyl groups excluding tert-OH is 1. The molecule has 0 aliphatic rings. The third kappa shape index (κ3) is 6.44. The maximum Gasteiger partial charge on any atom is 0.323 e. The number of nitrogens with one attached hydrogen (secondary N) is 2. The highest BCUT2D eigenvalue weighted by molar-refractivity contribution is 5.99. The van der Waals surface area contributed by atoms with Crippen molar-refractivity contribution >= 4 is 17.4 Å². The van der Waals surface area contributed by atoms with Crippen LogP contribution in [0, 0.1) is 0 Å². The molecular formula is C17H25N5O3. The summed E-state index contributed by atoms with van der Waals surface area (Å²) in [5.74, 6) is 0.632. The van der Waals surface area contributed by atoms with Crippen molar-refractivity contribution in [2.45, 2.75) is 19.6 Å². The molecule has 0 spiro atoms. The van der Waals surface area contributed by atoms with Gasteiger partial charge in [-0.25, -0.2) is 4.79 Å². The Kier molecular flexibility index (Phi) is 6.79. The smallest absolute Gasteiger partial charge is 0.323 e. The monoisotopic (exact) mass is 347 g/mol. The molecule has 25 heavy (non-hydrogen) atoms. The number of carbonyl (C=O) groups excluding carboxylic acids is 1. The third-order valence-corrected chi connectivity index (χ3v) is 3.35. The second-order valence-corrected chi connectivity index (χ2v) is 5.92. The van der Waals surface area contributed by atoms with Crippen molar-refractivity contribution in [3.8, 4) is 5.75 Å². The molecule has 0 bridgehead atoms. The Morgan fingerprint density at radius 3 is 2.56 bits per heavy atom. The molecule has 136 valence electrons. The van der Waals surface area contributed by atoms with E-state index in [4.69, 9.17) is 4.74 Å². The highest BCUT2D eigenvalue weighted by atomic mass is 16.5.